The minimum absolute atomic E-state index is 0.0789. The lowest BCUT2D eigenvalue weighted by Gasteiger charge is -2.16. The molecule has 0 amide bonds. The number of hydrogen-bond donors (Lipinski definition) is 1. The first-order valence-corrected chi connectivity index (χ1v) is 16.0. The molecule has 8 nitrogen and oxygen atoms in total. The summed E-state index contributed by atoms with van der Waals surface area (Å²) in [6, 6.07) is 40.1. The molecule has 242 valence electrons. The lowest BCUT2D eigenvalue weighted by Crippen LogP contribution is -2.16. The molecule has 1 N–H and O–H groups in total. The van der Waals surface area contributed by atoms with Crippen LogP contribution in [0.25, 0.3) is 21.8 Å². The maximum Gasteiger partial charge on any atom is 0.353 e. The summed E-state index contributed by atoms with van der Waals surface area (Å²) in [4.78, 5) is 26.4. The van der Waals surface area contributed by atoms with E-state index in [4.69, 9.17) is 14.3 Å². The van der Waals surface area contributed by atoms with Crippen molar-refractivity contribution in [2.45, 2.75) is 51.9 Å². The second-order valence-electron chi connectivity index (χ2n) is 11.6. The molecule has 6 aromatic rings. The lowest BCUT2D eigenvalue weighted by molar-refractivity contribution is -0.129. The number of aryl methyl sites for hydroxylation is 2. The molecular formula is C40H37N3O5. The molecule has 0 saturated carbocycles. The van der Waals surface area contributed by atoms with Gasteiger partial charge in [0.15, 0.2) is 5.71 Å². The van der Waals surface area contributed by atoms with Gasteiger partial charge in [0.2, 0.25) is 0 Å². The average molecular weight is 640 g/mol. The number of oxime groups is 1. The minimum Gasteiger partial charge on any atom is -0.487 e. The van der Waals surface area contributed by atoms with E-state index in [1.165, 1.54) is 6.92 Å². The van der Waals surface area contributed by atoms with Crippen LogP contribution >= 0.6 is 0 Å². The molecule has 4 aromatic carbocycles. The molecule has 0 spiro atoms. The van der Waals surface area contributed by atoms with Crippen molar-refractivity contribution in [1.29, 1.82) is 0 Å². The number of fused-ring (bicyclic) bond motifs is 2. The number of nitrogens with zero attached hydrogens (tertiary/aromatic N) is 3. The Morgan fingerprint density at radius 1 is 0.646 bits per heavy atom. The summed E-state index contributed by atoms with van der Waals surface area (Å²) in [5, 5.41) is 15.3. The van der Waals surface area contributed by atoms with E-state index < -0.39 is 5.97 Å². The van der Waals surface area contributed by atoms with Crippen LogP contribution in [0, 0.1) is 0 Å². The highest BCUT2D eigenvalue weighted by Gasteiger charge is 2.13. The number of benzene rings is 4. The zero-order chi connectivity index (χ0) is 33.1. The van der Waals surface area contributed by atoms with E-state index in [9.17, 15) is 9.90 Å². The third kappa shape index (κ3) is 8.94. The van der Waals surface area contributed by atoms with Crippen molar-refractivity contribution in [3.05, 3.63) is 144 Å². The largest absolute Gasteiger partial charge is 0.487 e. The van der Waals surface area contributed by atoms with Crippen LogP contribution in [-0.2, 0) is 35.7 Å². The van der Waals surface area contributed by atoms with Gasteiger partial charge in [0.05, 0.1) is 22.4 Å². The van der Waals surface area contributed by atoms with Crippen molar-refractivity contribution in [2.75, 3.05) is 0 Å². The van der Waals surface area contributed by atoms with Crippen molar-refractivity contribution >= 4 is 33.5 Å². The van der Waals surface area contributed by atoms with E-state index in [1.807, 2.05) is 109 Å². The number of rotatable bonds is 15. The van der Waals surface area contributed by atoms with Gasteiger partial charge in [0.25, 0.3) is 0 Å². The average Bonchev–Trinajstić information content (AvgIpc) is 3.13. The van der Waals surface area contributed by atoms with E-state index in [0.29, 0.717) is 26.1 Å². The maximum absolute atomic E-state index is 11.3. The Balaban J connectivity index is 1.00. The van der Waals surface area contributed by atoms with Crippen LogP contribution in [0.2, 0.25) is 0 Å². The fourth-order valence-corrected chi connectivity index (χ4v) is 5.29. The molecule has 0 unspecified atom stereocenters. The highest BCUT2D eigenvalue weighted by molar-refractivity contribution is 6.34. The number of carboxylic acids is 1. The SMILES string of the molecule is C/C(=N\OC(CCc1ccc(OCc2ccc3ccccc3n2)cc1)CCc1ccc(OCc2ccc3ccccc3n2)cc1)C(=O)O. The van der Waals surface area contributed by atoms with Crippen LogP contribution in [0.1, 0.15) is 42.3 Å². The highest BCUT2D eigenvalue weighted by atomic mass is 16.6. The monoisotopic (exact) mass is 639 g/mol. The van der Waals surface area contributed by atoms with Crippen LogP contribution in [0.5, 0.6) is 11.5 Å². The first-order valence-electron chi connectivity index (χ1n) is 16.0. The summed E-state index contributed by atoms with van der Waals surface area (Å²) >= 11 is 0. The van der Waals surface area contributed by atoms with Gasteiger partial charge in [0.1, 0.15) is 30.8 Å². The van der Waals surface area contributed by atoms with Gasteiger partial charge in [-0.3, -0.25) is 0 Å². The van der Waals surface area contributed by atoms with Crippen LogP contribution < -0.4 is 9.47 Å². The molecule has 0 bridgehead atoms. The van der Waals surface area contributed by atoms with E-state index >= 15 is 0 Å². The van der Waals surface area contributed by atoms with Crippen molar-refractivity contribution in [2.24, 2.45) is 5.16 Å². The summed E-state index contributed by atoms with van der Waals surface area (Å²) in [5.74, 6) is 0.436. The standard InChI is InChI=1S/C40H37N3O5/c1-28(40(44)45)43-48-37(24-14-29-10-20-35(21-11-29)46-26-33-18-16-31-6-2-4-8-38(31)41-33)25-15-30-12-22-36(23-13-30)47-27-34-19-17-32-7-3-5-9-39(32)42-34/h2-13,16-23,37H,14-15,24-27H2,1H3,(H,44,45)/b43-28+. The number of aliphatic carboxylic acids is 1. The van der Waals surface area contributed by atoms with E-state index in [0.717, 1.165) is 68.7 Å². The lowest BCUT2D eigenvalue weighted by atomic mass is 10.0. The van der Waals surface area contributed by atoms with Gasteiger partial charge in [-0.15, -0.1) is 0 Å². The maximum atomic E-state index is 11.3. The molecule has 0 aliphatic carbocycles. The van der Waals surface area contributed by atoms with E-state index in [-0.39, 0.29) is 11.8 Å². The summed E-state index contributed by atoms with van der Waals surface area (Å²) < 4.78 is 12.0. The minimum atomic E-state index is -1.10. The summed E-state index contributed by atoms with van der Waals surface area (Å²) in [5.41, 5.74) is 5.81. The molecule has 6 rings (SSSR count). The van der Waals surface area contributed by atoms with Crippen LogP contribution in [0.15, 0.2) is 126 Å². The van der Waals surface area contributed by atoms with Gasteiger partial charge < -0.3 is 19.4 Å². The van der Waals surface area contributed by atoms with Gasteiger partial charge in [0, 0.05) is 10.8 Å². The molecule has 0 aliphatic heterocycles. The van der Waals surface area contributed by atoms with Crippen molar-refractivity contribution in [3.8, 4) is 11.5 Å². The Hall–Kier alpha value is -5.76. The van der Waals surface area contributed by atoms with Gasteiger partial charge in [-0.25, -0.2) is 14.8 Å². The quantitative estimate of drug-likeness (QED) is 0.0890. The first kappa shape index (κ1) is 32.2. The molecule has 48 heavy (non-hydrogen) atoms. The predicted octanol–water partition coefficient (Wildman–Crippen LogP) is 8.35. The molecule has 0 aliphatic rings. The van der Waals surface area contributed by atoms with Crippen LogP contribution in [0.4, 0.5) is 0 Å². The Labute approximate surface area is 279 Å². The van der Waals surface area contributed by atoms with Crippen molar-refractivity contribution < 1.29 is 24.2 Å². The molecule has 0 radical (unpaired) electrons. The third-order valence-electron chi connectivity index (χ3n) is 8.09. The Morgan fingerprint density at radius 2 is 1.10 bits per heavy atom. The topological polar surface area (TPSA) is 103 Å². The summed E-state index contributed by atoms with van der Waals surface area (Å²) in [6.07, 6.45) is 2.59. The van der Waals surface area contributed by atoms with Crippen molar-refractivity contribution in [3.63, 3.8) is 0 Å². The number of hydrogen-bond acceptors (Lipinski definition) is 7. The van der Waals surface area contributed by atoms with E-state index in [2.05, 4.69) is 27.3 Å². The molecule has 0 fully saturated rings. The fraction of sp³-hybridized carbons (Fsp3) is 0.200. The number of para-hydroxylation sites is 2. The second-order valence-corrected chi connectivity index (χ2v) is 11.6. The van der Waals surface area contributed by atoms with Crippen molar-refractivity contribution in [1.82, 2.24) is 9.97 Å². The van der Waals surface area contributed by atoms with E-state index in [1.54, 1.807) is 0 Å². The van der Waals surface area contributed by atoms with Crippen LogP contribution in [-0.4, -0.2) is 32.9 Å². The second kappa shape index (κ2) is 15.7. The van der Waals surface area contributed by atoms with Crippen LogP contribution in [0.3, 0.4) is 0 Å². The molecule has 2 heterocycles. The first-order chi connectivity index (χ1) is 23.5. The number of aromatic nitrogens is 2. The molecule has 0 atom stereocenters. The van der Waals surface area contributed by atoms with Gasteiger partial charge in [-0.2, -0.15) is 0 Å². The Morgan fingerprint density at radius 3 is 1.56 bits per heavy atom. The van der Waals surface area contributed by atoms with Gasteiger partial charge in [-0.1, -0.05) is 78.0 Å². The number of pyridine rings is 2. The highest BCUT2D eigenvalue weighted by Crippen LogP contribution is 2.21. The number of carboxylic acid groups (broad SMARTS) is 1. The number of ether oxygens (including phenoxy) is 2. The molecule has 0 saturated heterocycles. The molecule has 8 heteroatoms. The zero-order valence-electron chi connectivity index (χ0n) is 26.8. The summed E-state index contributed by atoms with van der Waals surface area (Å²) in [6.45, 7) is 2.20. The molecule has 2 aromatic heterocycles. The Bertz CT molecular complexity index is 1880. The predicted molar refractivity (Wildman–Crippen MR) is 187 cm³/mol. The zero-order valence-corrected chi connectivity index (χ0v) is 26.8. The smallest absolute Gasteiger partial charge is 0.353 e. The van der Waals surface area contributed by atoms with Gasteiger partial charge >= 0.3 is 5.97 Å². The fourth-order valence-electron chi connectivity index (χ4n) is 5.29. The summed E-state index contributed by atoms with van der Waals surface area (Å²) in [7, 11) is 0. The Kier molecular flexibility index (Phi) is 10.5. The third-order valence-corrected chi connectivity index (χ3v) is 8.09. The normalized spacial score (nSPS) is 11.6. The number of carbonyl (C=O) groups is 1. The molecular weight excluding hydrogens is 602 g/mol. The van der Waals surface area contributed by atoms with Gasteiger partial charge in [-0.05, 0) is 92.3 Å².